The highest BCUT2D eigenvalue weighted by Crippen LogP contribution is 2.15. The van der Waals surface area contributed by atoms with Crippen molar-refractivity contribution in [2.75, 3.05) is 13.2 Å². The molecule has 1 saturated heterocycles. The van der Waals surface area contributed by atoms with Gasteiger partial charge in [0.1, 0.15) is 0 Å². The molecule has 0 amide bonds. The lowest BCUT2D eigenvalue weighted by Gasteiger charge is -2.22. The molecule has 0 aromatic heterocycles. The zero-order valence-corrected chi connectivity index (χ0v) is 5.29. The zero-order chi connectivity index (χ0) is 6.69. The molecule has 1 atom stereocenters. The third-order valence-corrected chi connectivity index (χ3v) is 1.62. The fourth-order valence-electron chi connectivity index (χ4n) is 1.00. The van der Waals surface area contributed by atoms with E-state index in [1.165, 1.54) is 0 Å². The van der Waals surface area contributed by atoms with Gasteiger partial charge in [0, 0.05) is 12.5 Å². The molecule has 0 radical (unpaired) electrons. The summed E-state index contributed by atoms with van der Waals surface area (Å²) in [6, 6.07) is 0. The fourth-order valence-corrected chi connectivity index (χ4v) is 1.00. The zero-order valence-electron chi connectivity index (χ0n) is 5.29. The van der Waals surface area contributed by atoms with Crippen molar-refractivity contribution < 1.29 is 14.9 Å². The van der Waals surface area contributed by atoms with Crippen LogP contribution < -0.4 is 0 Å². The summed E-state index contributed by atoms with van der Waals surface area (Å²) >= 11 is 0. The molecule has 1 aliphatic heterocycles. The number of aliphatic hydroxyl groups excluding tert-OH is 1. The average molecular weight is 132 g/mol. The summed E-state index contributed by atoms with van der Waals surface area (Å²) in [4.78, 5) is 0. The van der Waals surface area contributed by atoms with Gasteiger partial charge in [-0.2, -0.15) is 0 Å². The van der Waals surface area contributed by atoms with E-state index in [0.717, 1.165) is 19.4 Å². The van der Waals surface area contributed by atoms with Gasteiger partial charge in [0.15, 0.2) is 6.29 Å². The topological polar surface area (TPSA) is 49.7 Å². The lowest BCUT2D eigenvalue weighted by atomic mass is 10.0. The minimum Gasteiger partial charge on any atom is -0.381 e. The van der Waals surface area contributed by atoms with Crippen molar-refractivity contribution >= 4 is 0 Å². The molecular formula is C6H12O3. The Balaban J connectivity index is 2.23. The van der Waals surface area contributed by atoms with Gasteiger partial charge in [0.05, 0.1) is 6.61 Å². The minimum absolute atomic E-state index is 0.0567. The van der Waals surface area contributed by atoms with E-state index in [1.54, 1.807) is 0 Å². The average Bonchev–Trinajstić information content (AvgIpc) is 1.90. The van der Waals surface area contributed by atoms with Crippen molar-refractivity contribution in [2.45, 2.75) is 19.1 Å². The molecule has 1 fully saturated rings. The molecule has 0 bridgehead atoms. The first-order chi connectivity index (χ1) is 4.30. The van der Waals surface area contributed by atoms with E-state index in [2.05, 4.69) is 0 Å². The Labute approximate surface area is 54.3 Å². The SMILES string of the molecule is OC(O)C1CCCOC1. The van der Waals surface area contributed by atoms with Crippen molar-refractivity contribution in [3.05, 3.63) is 0 Å². The van der Waals surface area contributed by atoms with Gasteiger partial charge in [-0.1, -0.05) is 0 Å². The van der Waals surface area contributed by atoms with E-state index in [1.807, 2.05) is 0 Å². The molecule has 2 N–H and O–H groups in total. The second-order valence-corrected chi connectivity index (χ2v) is 2.39. The minimum atomic E-state index is -1.19. The van der Waals surface area contributed by atoms with Gasteiger partial charge in [-0.3, -0.25) is 0 Å². The molecule has 3 heteroatoms. The van der Waals surface area contributed by atoms with Crippen LogP contribution in [0.5, 0.6) is 0 Å². The van der Waals surface area contributed by atoms with Crippen LogP contribution in [0.3, 0.4) is 0 Å². The van der Waals surface area contributed by atoms with Gasteiger partial charge in [0.2, 0.25) is 0 Å². The third kappa shape index (κ3) is 1.93. The maximum Gasteiger partial charge on any atom is 0.156 e. The molecule has 0 aromatic carbocycles. The molecule has 0 aliphatic carbocycles. The van der Waals surface area contributed by atoms with Crippen molar-refractivity contribution in [2.24, 2.45) is 5.92 Å². The molecule has 3 nitrogen and oxygen atoms in total. The Morgan fingerprint density at radius 3 is 2.56 bits per heavy atom. The highest BCUT2D eigenvalue weighted by atomic mass is 16.5. The van der Waals surface area contributed by atoms with Crippen LogP contribution in [0, 0.1) is 5.92 Å². The second kappa shape index (κ2) is 3.15. The van der Waals surface area contributed by atoms with E-state index in [4.69, 9.17) is 14.9 Å². The predicted molar refractivity (Wildman–Crippen MR) is 31.8 cm³/mol. The van der Waals surface area contributed by atoms with Crippen LogP contribution in [-0.4, -0.2) is 29.7 Å². The first kappa shape index (κ1) is 6.99. The summed E-state index contributed by atoms with van der Waals surface area (Å²) in [5.41, 5.74) is 0. The van der Waals surface area contributed by atoms with Crippen LogP contribution in [0.15, 0.2) is 0 Å². The van der Waals surface area contributed by atoms with Crippen molar-refractivity contribution in [3.63, 3.8) is 0 Å². The van der Waals surface area contributed by atoms with Gasteiger partial charge in [-0.25, -0.2) is 0 Å². The van der Waals surface area contributed by atoms with Crippen molar-refractivity contribution in [1.29, 1.82) is 0 Å². The predicted octanol–water partition coefficient (Wildman–Crippen LogP) is -0.276. The van der Waals surface area contributed by atoms with Crippen LogP contribution in [0.25, 0.3) is 0 Å². The smallest absolute Gasteiger partial charge is 0.156 e. The number of hydrogen-bond donors (Lipinski definition) is 2. The van der Waals surface area contributed by atoms with Crippen LogP contribution in [0.1, 0.15) is 12.8 Å². The van der Waals surface area contributed by atoms with E-state index in [-0.39, 0.29) is 5.92 Å². The first-order valence-electron chi connectivity index (χ1n) is 3.24. The molecule has 9 heavy (non-hydrogen) atoms. The summed E-state index contributed by atoms with van der Waals surface area (Å²) in [5, 5.41) is 17.3. The molecular weight excluding hydrogens is 120 g/mol. The molecule has 1 rings (SSSR count). The molecule has 1 aliphatic rings. The number of rotatable bonds is 1. The monoisotopic (exact) mass is 132 g/mol. The Morgan fingerprint density at radius 2 is 2.22 bits per heavy atom. The quantitative estimate of drug-likeness (QED) is 0.482. The highest BCUT2D eigenvalue weighted by Gasteiger charge is 2.19. The number of aliphatic hydroxyl groups is 2. The summed E-state index contributed by atoms with van der Waals surface area (Å²) in [6.45, 7) is 1.26. The van der Waals surface area contributed by atoms with E-state index in [9.17, 15) is 0 Å². The summed E-state index contributed by atoms with van der Waals surface area (Å²) in [5.74, 6) is -0.0567. The Bertz CT molecular complexity index is 76.4. The lowest BCUT2D eigenvalue weighted by molar-refractivity contribution is -0.120. The van der Waals surface area contributed by atoms with Crippen LogP contribution >= 0.6 is 0 Å². The van der Waals surface area contributed by atoms with E-state index < -0.39 is 6.29 Å². The third-order valence-electron chi connectivity index (χ3n) is 1.62. The maximum absolute atomic E-state index is 8.65. The summed E-state index contributed by atoms with van der Waals surface area (Å²) in [6.07, 6.45) is 0.630. The molecule has 1 unspecified atom stereocenters. The largest absolute Gasteiger partial charge is 0.381 e. The lowest BCUT2D eigenvalue weighted by Crippen LogP contribution is -2.28. The van der Waals surface area contributed by atoms with Crippen molar-refractivity contribution in [3.8, 4) is 0 Å². The van der Waals surface area contributed by atoms with E-state index >= 15 is 0 Å². The molecule has 0 aromatic rings. The summed E-state index contributed by atoms with van der Waals surface area (Å²) in [7, 11) is 0. The van der Waals surface area contributed by atoms with Gasteiger partial charge in [-0.05, 0) is 12.8 Å². The summed E-state index contributed by atoms with van der Waals surface area (Å²) < 4.78 is 5.02. The molecule has 1 heterocycles. The molecule has 54 valence electrons. The fraction of sp³-hybridized carbons (Fsp3) is 1.00. The Kier molecular flexibility index (Phi) is 2.45. The van der Waals surface area contributed by atoms with Crippen LogP contribution in [0.2, 0.25) is 0 Å². The maximum atomic E-state index is 8.65. The second-order valence-electron chi connectivity index (χ2n) is 2.39. The van der Waals surface area contributed by atoms with Crippen LogP contribution in [0.4, 0.5) is 0 Å². The Hall–Kier alpha value is -0.120. The van der Waals surface area contributed by atoms with Gasteiger partial charge in [0.25, 0.3) is 0 Å². The first-order valence-corrected chi connectivity index (χ1v) is 3.24. The Morgan fingerprint density at radius 1 is 1.44 bits per heavy atom. The van der Waals surface area contributed by atoms with Crippen LogP contribution in [-0.2, 0) is 4.74 Å². The number of ether oxygens (including phenoxy) is 1. The van der Waals surface area contributed by atoms with Gasteiger partial charge >= 0.3 is 0 Å². The normalized spacial score (nSPS) is 29.0. The van der Waals surface area contributed by atoms with Gasteiger partial charge < -0.3 is 14.9 Å². The van der Waals surface area contributed by atoms with Crippen molar-refractivity contribution in [1.82, 2.24) is 0 Å². The molecule has 0 saturated carbocycles. The highest BCUT2D eigenvalue weighted by molar-refractivity contribution is 4.63. The van der Waals surface area contributed by atoms with Gasteiger partial charge in [-0.15, -0.1) is 0 Å². The van der Waals surface area contributed by atoms with E-state index in [0.29, 0.717) is 6.61 Å². The standard InChI is InChI=1S/C6H12O3/c7-6(8)5-2-1-3-9-4-5/h5-8H,1-4H2. The molecule has 0 spiro atoms. The number of hydrogen-bond acceptors (Lipinski definition) is 3.